The molecule has 0 unspecified atom stereocenters. The first kappa shape index (κ1) is 16.3. The van der Waals surface area contributed by atoms with Crippen molar-refractivity contribution in [2.24, 2.45) is 0 Å². The van der Waals surface area contributed by atoms with Gasteiger partial charge < -0.3 is 4.74 Å². The number of aryl methyl sites for hydroxylation is 2. The zero-order chi connectivity index (χ0) is 17.1. The van der Waals surface area contributed by atoms with Gasteiger partial charge in [-0.1, -0.05) is 59.6 Å². The SMILES string of the molecule is Cc1cccc(-c2ccc(OC(=O)c3ccccc3Cl)c(C)c2)c1. The van der Waals surface area contributed by atoms with Gasteiger partial charge in [-0.2, -0.15) is 0 Å². The highest BCUT2D eigenvalue weighted by molar-refractivity contribution is 6.33. The van der Waals surface area contributed by atoms with Crippen molar-refractivity contribution in [2.45, 2.75) is 13.8 Å². The van der Waals surface area contributed by atoms with Crippen LogP contribution in [0.5, 0.6) is 5.75 Å². The minimum Gasteiger partial charge on any atom is -0.423 e. The van der Waals surface area contributed by atoms with E-state index in [-0.39, 0.29) is 0 Å². The topological polar surface area (TPSA) is 26.3 Å². The molecule has 24 heavy (non-hydrogen) atoms. The summed E-state index contributed by atoms with van der Waals surface area (Å²) in [5, 5.41) is 0.386. The summed E-state index contributed by atoms with van der Waals surface area (Å²) in [5.74, 6) is 0.0864. The lowest BCUT2D eigenvalue weighted by molar-refractivity contribution is 0.0733. The number of benzene rings is 3. The molecule has 0 radical (unpaired) electrons. The molecule has 0 aliphatic rings. The van der Waals surface area contributed by atoms with Crippen LogP contribution in [0.1, 0.15) is 21.5 Å². The minimum atomic E-state index is -0.452. The summed E-state index contributed by atoms with van der Waals surface area (Å²) in [6.45, 7) is 3.99. The van der Waals surface area contributed by atoms with Crippen LogP contribution in [-0.4, -0.2) is 5.97 Å². The lowest BCUT2D eigenvalue weighted by atomic mass is 10.0. The first-order valence-electron chi connectivity index (χ1n) is 7.69. The summed E-state index contributed by atoms with van der Waals surface area (Å²) < 4.78 is 5.50. The van der Waals surface area contributed by atoms with E-state index >= 15 is 0 Å². The van der Waals surface area contributed by atoms with Crippen molar-refractivity contribution >= 4 is 17.6 Å². The molecule has 3 aromatic rings. The van der Waals surface area contributed by atoms with E-state index in [1.54, 1.807) is 24.3 Å². The Morgan fingerprint density at radius 1 is 0.875 bits per heavy atom. The number of halogens is 1. The van der Waals surface area contributed by atoms with Crippen LogP contribution in [0, 0.1) is 13.8 Å². The van der Waals surface area contributed by atoms with Crippen LogP contribution in [0.4, 0.5) is 0 Å². The van der Waals surface area contributed by atoms with Gasteiger partial charge in [-0.05, 0) is 54.8 Å². The highest BCUT2D eigenvalue weighted by Crippen LogP contribution is 2.28. The smallest absolute Gasteiger partial charge is 0.345 e. The second kappa shape index (κ2) is 6.90. The van der Waals surface area contributed by atoms with E-state index in [1.165, 1.54) is 5.56 Å². The van der Waals surface area contributed by atoms with E-state index in [1.807, 2.05) is 31.2 Å². The van der Waals surface area contributed by atoms with E-state index in [2.05, 4.69) is 25.1 Å². The second-order valence-electron chi connectivity index (χ2n) is 5.72. The summed E-state index contributed by atoms with van der Waals surface area (Å²) in [7, 11) is 0. The maximum absolute atomic E-state index is 12.3. The molecule has 0 aliphatic carbocycles. The molecule has 0 fully saturated rings. The molecule has 3 aromatic carbocycles. The maximum Gasteiger partial charge on any atom is 0.345 e. The Hall–Kier alpha value is -2.58. The lowest BCUT2D eigenvalue weighted by Gasteiger charge is -2.10. The zero-order valence-corrected chi connectivity index (χ0v) is 14.3. The van der Waals surface area contributed by atoms with E-state index in [4.69, 9.17) is 16.3 Å². The van der Waals surface area contributed by atoms with Gasteiger partial charge in [0.2, 0.25) is 0 Å². The number of carbonyl (C=O) groups excluding carboxylic acids is 1. The van der Waals surface area contributed by atoms with Crippen LogP contribution in [0.3, 0.4) is 0 Å². The predicted molar refractivity (Wildman–Crippen MR) is 97.8 cm³/mol. The van der Waals surface area contributed by atoms with Crippen molar-refractivity contribution in [3.63, 3.8) is 0 Å². The van der Waals surface area contributed by atoms with Gasteiger partial charge in [-0.25, -0.2) is 4.79 Å². The molecule has 0 N–H and O–H groups in total. The highest BCUT2D eigenvalue weighted by atomic mass is 35.5. The molecule has 0 saturated heterocycles. The number of ether oxygens (including phenoxy) is 1. The second-order valence-corrected chi connectivity index (χ2v) is 6.13. The maximum atomic E-state index is 12.3. The standard InChI is InChI=1S/C21H17ClO2/c1-14-6-5-7-16(12-14)17-10-11-20(15(2)13-17)24-21(23)18-8-3-4-9-19(18)22/h3-13H,1-2H3. The highest BCUT2D eigenvalue weighted by Gasteiger charge is 2.13. The van der Waals surface area contributed by atoms with Crippen molar-refractivity contribution < 1.29 is 9.53 Å². The van der Waals surface area contributed by atoms with Gasteiger partial charge in [-0.15, -0.1) is 0 Å². The third-order valence-electron chi connectivity index (χ3n) is 3.82. The molecule has 0 saturated carbocycles. The van der Waals surface area contributed by atoms with Crippen molar-refractivity contribution in [2.75, 3.05) is 0 Å². The molecular formula is C21H17ClO2. The molecule has 0 aliphatic heterocycles. The molecule has 3 rings (SSSR count). The molecular weight excluding hydrogens is 320 g/mol. The Morgan fingerprint density at radius 3 is 2.33 bits per heavy atom. The zero-order valence-electron chi connectivity index (χ0n) is 13.5. The fourth-order valence-corrected chi connectivity index (χ4v) is 2.76. The Labute approximate surface area is 146 Å². The Bertz CT molecular complexity index is 900. The lowest BCUT2D eigenvalue weighted by Crippen LogP contribution is -2.09. The van der Waals surface area contributed by atoms with Gasteiger partial charge >= 0.3 is 5.97 Å². The molecule has 0 heterocycles. The average Bonchev–Trinajstić information content (AvgIpc) is 2.57. The average molecular weight is 337 g/mol. The monoisotopic (exact) mass is 336 g/mol. The first-order chi connectivity index (χ1) is 11.5. The number of esters is 1. The summed E-state index contributed by atoms with van der Waals surface area (Å²) in [6, 6.07) is 21.0. The molecule has 3 heteroatoms. The number of hydrogen-bond acceptors (Lipinski definition) is 2. The van der Waals surface area contributed by atoms with Crippen molar-refractivity contribution in [3.05, 3.63) is 88.4 Å². The number of hydrogen-bond donors (Lipinski definition) is 0. The van der Waals surface area contributed by atoms with E-state index in [0.717, 1.165) is 16.7 Å². The van der Waals surface area contributed by atoms with E-state index in [0.29, 0.717) is 16.3 Å². The van der Waals surface area contributed by atoms with Crippen molar-refractivity contribution in [3.8, 4) is 16.9 Å². The molecule has 2 nitrogen and oxygen atoms in total. The molecule has 0 spiro atoms. The van der Waals surface area contributed by atoms with Crippen LogP contribution in [0.15, 0.2) is 66.7 Å². The largest absolute Gasteiger partial charge is 0.423 e. The van der Waals surface area contributed by atoms with Crippen LogP contribution in [0.2, 0.25) is 5.02 Å². The fourth-order valence-electron chi connectivity index (χ4n) is 2.55. The van der Waals surface area contributed by atoms with Crippen LogP contribution in [-0.2, 0) is 0 Å². The van der Waals surface area contributed by atoms with Gasteiger partial charge in [0.1, 0.15) is 5.75 Å². The van der Waals surface area contributed by atoms with Crippen molar-refractivity contribution in [1.29, 1.82) is 0 Å². The normalized spacial score (nSPS) is 10.5. The van der Waals surface area contributed by atoms with Crippen molar-refractivity contribution in [1.82, 2.24) is 0 Å². The van der Waals surface area contributed by atoms with Crippen LogP contribution in [0.25, 0.3) is 11.1 Å². The summed E-state index contributed by atoms with van der Waals surface area (Å²) in [5.41, 5.74) is 4.70. The van der Waals surface area contributed by atoms with Gasteiger partial charge in [-0.3, -0.25) is 0 Å². The molecule has 0 bridgehead atoms. The molecule has 120 valence electrons. The van der Waals surface area contributed by atoms with Crippen LogP contribution >= 0.6 is 11.6 Å². The van der Waals surface area contributed by atoms with Gasteiger partial charge in [0.25, 0.3) is 0 Å². The summed E-state index contributed by atoms with van der Waals surface area (Å²) in [6.07, 6.45) is 0. The Morgan fingerprint density at radius 2 is 1.62 bits per heavy atom. The minimum absolute atomic E-state index is 0.362. The third kappa shape index (κ3) is 3.50. The number of rotatable bonds is 3. The van der Waals surface area contributed by atoms with Crippen LogP contribution < -0.4 is 4.74 Å². The summed E-state index contributed by atoms with van der Waals surface area (Å²) >= 11 is 6.04. The molecule has 0 aromatic heterocycles. The van der Waals surface area contributed by atoms with Gasteiger partial charge in [0.05, 0.1) is 10.6 Å². The third-order valence-corrected chi connectivity index (χ3v) is 4.15. The Balaban J connectivity index is 1.86. The molecule has 0 atom stereocenters. The van der Waals surface area contributed by atoms with Gasteiger partial charge in [0, 0.05) is 0 Å². The number of carbonyl (C=O) groups is 1. The van der Waals surface area contributed by atoms with Gasteiger partial charge in [0.15, 0.2) is 0 Å². The molecule has 0 amide bonds. The Kier molecular flexibility index (Phi) is 4.68. The first-order valence-corrected chi connectivity index (χ1v) is 8.07. The summed E-state index contributed by atoms with van der Waals surface area (Å²) in [4.78, 5) is 12.3. The van der Waals surface area contributed by atoms with E-state index < -0.39 is 5.97 Å². The quantitative estimate of drug-likeness (QED) is 0.443. The predicted octanol–water partition coefficient (Wildman–Crippen LogP) is 5.84. The van der Waals surface area contributed by atoms with E-state index in [9.17, 15) is 4.79 Å². The fraction of sp³-hybridized carbons (Fsp3) is 0.0952.